The zero-order chi connectivity index (χ0) is 18.4. The third kappa shape index (κ3) is 4.29. The first-order valence-corrected chi connectivity index (χ1v) is 8.55. The van der Waals surface area contributed by atoms with Crippen LogP contribution in [0.15, 0.2) is 65.8 Å². The van der Waals surface area contributed by atoms with Gasteiger partial charge in [0.05, 0.1) is 17.0 Å². The van der Waals surface area contributed by atoms with Crippen molar-refractivity contribution < 1.29 is 4.39 Å². The van der Waals surface area contributed by atoms with Gasteiger partial charge in [-0.3, -0.25) is 0 Å². The van der Waals surface area contributed by atoms with Crippen LogP contribution in [0, 0.1) is 17.7 Å². The van der Waals surface area contributed by atoms with E-state index in [1.807, 2.05) is 24.3 Å². The molecule has 2 aromatic carbocycles. The van der Waals surface area contributed by atoms with E-state index in [2.05, 4.69) is 70.4 Å². The largest absolute Gasteiger partial charge is 0.242 e. The first-order chi connectivity index (χ1) is 12.7. The van der Waals surface area contributed by atoms with E-state index in [0.717, 1.165) is 23.1 Å². The van der Waals surface area contributed by atoms with Crippen LogP contribution in [-0.4, -0.2) is 10.1 Å². The maximum atomic E-state index is 13.9. The van der Waals surface area contributed by atoms with E-state index >= 15 is 0 Å². The summed E-state index contributed by atoms with van der Waals surface area (Å²) in [6.45, 7) is 2.14. The highest BCUT2D eigenvalue weighted by atomic mass is 32.1. The first kappa shape index (κ1) is 17.7. The summed E-state index contributed by atoms with van der Waals surface area (Å²) in [4.78, 5) is 7.66. The maximum Gasteiger partial charge on any atom is 0.159 e. The lowest BCUT2D eigenvalue weighted by Crippen LogP contribution is -1.88. The van der Waals surface area contributed by atoms with Crippen molar-refractivity contribution in [2.24, 2.45) is 4.99 Å². The van der Waals surface area contributed by atoms with Gasteiger partial charge < -0.3 is 0 Å². The van der Waals surface area contributed by atoms with Crippen LogP contribution < -0.4 is 0 Å². The Bertz CT molecular complexity index is 1020. The number of halogens is 1. The van der Waals surface area contributed by atoms with E-state index < -0.39 is 5.82 Å². The summed E-state index contributed by atoms with van der Waals surface area (Å²) >= 11 is 4.49. The van der Waals surface area contributed by atoms with E-state index in [1.165, 1.54) is 17.8 Å². The molecule has 0 N–H and O–H groups in total. The second-order valence-corrected chi connectivity index (χ2v) is 5.79. The Balaban J connectivity index is 1.79. The van der Waals surface area contributed by atoms with Crippen molar-refractivity contribution in [1.82, 2.24) is 4.98 Å². The van der Waals surface area contributed by atoms with Gasteiger partial charge in [0, 0.05) is 11.6 Å². The molecule has 2 nitrogen and oxygen atoms in total. The minimum Gasteiger partial charge on any atom is -0.242 e. The quantitative estimate of drug-likeness (QED) is 0.347. The zero-order valence-electron chi connectivity index (χ0n) is 14.2. The summed E-state index contributed by atoms with van der Waals surface area (Å²) in [7, 11) is 0. The zero-order valence-corrected chi connectivity index (χ0v) is 15.0. The summed E-state index contributed by atoms with van der Waals surface area (Å²) < 4.78 is 13.9. The molecule has 0 fully saturated rings. The highest BCUT2D eigenvalue weighted by molar-refractivity contribution is 7.78. The Kier molecular flexibility index (Phi) is 5.66. The third-order valence-electron chi connectivity index (χ3n) is 3.91. The predicted molar refractivity (Wildman–Crippen MR) is 106 cm³/mol. The van der Waals surface area contributed by atoms with Crippen molar-refractivity contribution in [1.29, 1.82) is 0 Å². The molecule has 0 unspecified atom stereocenters. The number of benzene rings is 2. The smallest absolute Gasteiger partial charge is 0.159 e. The summed E-state index contributed by atoms with van der Waals surface area (Å²) in [6.07, 6.45) is 2.44. The Morgan fingerprint density at radius 1 is 1.00 bits per heavy atom. The van der Waals surface area contributed by atoms with E-state index in [1.54, 1.807) is 0 Å². The molecule has 0 amide bonds. The molecule has 0 saturated heterocycles. The van der Waals surface area contributed by atoms with Crippen molar-refractivity contribution in [3.63, 3.8) is 0 Å². The molecule has 0 bridgehead atoms. The fraction of sp³-hybridized carbons (Fsp3) is 0.0909. The van der Waals surface area contributed by atoms with Crippen molar-refractivity contribution >= 4 is 23.1 Å². The van der Waals surface area contributed by atoms with Gasteiger partial charge in [-0.2, -0.15) is 4.99 Å². The van der Waals surface area contributed by atoms with Crippen LogP contribution in [0.5, 0.6) is 0 Å². The number of nitrogens with zero attached hydrogens (tertiary/aromatic N) is 2. The van der Waals surface area contributed by atoms with E-state index in [4.69, 9.17) is 0 Å². The molecule has 1 heterocycles. The lowest BCUT2D eigenvalue weighted by molar-refractivity contribution is 0.617. The standard InChI is InChI=1S/C22H15FN2S/c1-2-16-3-8-18(9-4-16)19-10-5-17(6-11-19)7-12-22-21(23)13-20(14-24-22)25-15-26/h3-6,8-11,13-14H,2H2,1H3. The third-order valence-corrected chi connectivity index (χ3v) is 4.00. The summed E-state index contributed by atoms with van der Waals surface area (Å²) in [5.74, 6) is 5.15. The molecule has 0 atom stereocenters. The van der Waals surface area contributed by atoms with Crippen LogP contribution in [-0.2, 0) is 6.42 Å². The van der Waals surface area contributed by atoms with Crippen LogP contribution in [0.25, 0.3) is 11.1 Å². The first-order valence-electron chi connectivity index (χ1n) is 8.14. The fourth-order valence-electron chi connectivity index (χ4n) is 2.44. The van der Waals surface area contributed by atoms with Gasteiger partial charge in [-0.15, -0.1) is 0 Å². The Morgan fingerprint density at radius 3 is 2.23 bits per heavy atom. The Morgan fingerprint density at radius 2 is 1.65 bits per heavy atom. The van der Waals surface area contributed by atoms with E-state index in [9.17, 15) is 4.39 Å². The predicted octanol–water partition coefficient (Wildman–Crippen LogP) is 5.58. The van der Waals surface area contributed by atoms with Gasteiger partial charge in [-0.05, 0) is 53.4 Å². The number of aromatic nitrogens is 1. The average Bonchev–Trinajstić information content (AvgIpc) is 2.68. The monoisotopic (exact) mass is 358 g/mol. The Hall–Kier alpha value is -3.12. The summed E-state index contributed by atoms with van der Waals surface area (Å²) in [5.41, 5.74) is 4.78. The van der Waals surface area contributed by atoms with Crippen LogP contribution in [0.2, 0.25) is 0 Å². The SMILES string of the molecule is CCc1ccc(-c2ccc(C#Cc3ncc(N=C=S)cc3F)cc2)cc1. The minimum absolute atomic E-state index is 0.0764. The number of aliphatic imine (C=N–C) groups is 1. The molecule has 0 spiro atoms. The lowest BCUT2D eigenvalue weighted by Gasteiger charge is -2.03. The average molecular weight is 358 g/mol. The van der Waals surface area contributed by atoms with Gasteiger partial charge in [0.1, 0.15) is 5.69 Å². The molecule has 3 aromatic rings. The number of aryl methyl sites for hydroxylation is 1. The van der Waals surface area contributed by atoms with Crippen molar-refractivity contribution in [3.05, 3.63) is 83.4 Å². The van der Waals surface area contributed by atoms with Crippen LogP contribution in [0.4, 0.5) is 10.1 Å². The highest BCUT2D eigenvalue weighted by Crippen LogP contribution is 2.20. The molecule has 0 saturated carbocycles. The molecule has 126 valence electrons. The number of rotatable bonds is 3. The van der Waals surface area contributed by atoms with E-state index in [-0.39, 0.29) is 5.69 Å². The fourth-order valence-corrected chi connectivity index (χ4v) is 2.55. The molecular formula is C22H15FN2S. The molecule has 0 aliphatic carbocycles. The number of pyridine rings is 1. The van der Waals surface area contributed by atoms with Crippen LogP contribution in [0.1, 0.15) is 23.7 Å². The molecule has 0 radical (unpaired) electrons. The number of thiocarbonyl (C=S) groups is 1. The van der Waals surface area contributed by atoms with Gasteiger partial charge in [0.15, 0.2) is 5.82 Å². The van der Waals surface area contributed by atoms with Gasteiger partial charge in [-0.1, -0.05) is 49.2 Å². The Labute approximate surface area is 157 Å². The van der Waals surface area contributed by atoms with Crippen LogP contribution >= 0.6 is 12.2 Å². The number of isothiocyanates is 1. The van der Waals surface area contributed by atoms with Gasteiger partial charge >= 0.3 is 0 Å². The topological polar surface area (TPSA) is 25.2 Å². The second kappa shape index (κ2) is 8.31. The molecule has 0 aliphatic rings. The summed E-state index contributed by atoms with van der Waals surface area (Å²) in [6, 6.07) is 17.6. The maximum absolute atomic E-state index is 13.9. The molecule has 4 heteroatoms. The lowest BCUT2D eigenvalue weighted by atomic mass is 10.0. The van der Waals surface area contributed by atoms with Crippen LogP contribution in [0.3, 0.4) is 0 Å². The number of hydrogen-bond donors (Lipinski definition) is 0. The van der Waals surface area contributed by atoms with Crippen molar-refractivity contribution in [2.45, 2.75) is 13.3 Å². The van der Waals surface area contributed by atoms with Gasteiger partial charge in [0.2, 0.25) is 0 Å². The van der Waals surface area contributed by atoms with Gasteiger partial charge in [-0.25, -0.2) is 9.37 Å². The molecule has 3 rings (SSSR count). The normalized spacial score (nSPS) is 9.77. The van der Waals surface area contributed by atoms with E-state index in [0.29, 0.717) is 5.69 Å². The van der Waals surface area contributed by atoms with Crippen molar-refractivity contribution in [3.8, 4) is 23.0 Å². The molecule has 1 aromatic heterocycles. The van der Waals surface area contributed by atoms with Gasteiger partial charge in [0.25, 0.3) is 0 Å². The molecular weight excluding hydrogens is 343 g/mol. The summed E-state index contributed by atoms with van der Waals surface area (Å²) in [5, 5.41) is 2.18. The second-order valence-electron chi connectivity index (χ2n) is 5.60. The van der Waals surface area contributed by atoms with Crippen molar-refractivity contribution in [2.75, 3.05) is 0 Å². The molecule has 26 heavy (non-hydrogen) atoms. The molecule has 0 aliphatic heterocycles. The minimum atomic E-state index is -0.531. The highest BCUT2D eigenvalue weighted by Gasteiger charge is 2.02. The number of hydrogen-bond acceptors (Lipinski definition) is 3.